The van der Waals surface area contributed by atoms with Crippen molar-refractivity contribution in [1.29, 1.82) is 0 Å². The van der Waals surface area contributed by atoms with Crippen molar-refractivity contribution in [2.24, 2.45) is 13.0 Å². The Kier molecular flexibility index (Phi) is 5.38. The maximum atomic E-state index is 12.6. The Balaban J connectivity index is 1.65. The van der Waals surface area contributed by atoms with E-state index in [1.807, 2.05) is 13.2 Å². The molecule has 6 nitrogen and oxygen atoms in total. The van der Waals surface area contributed by atoms with Crippen LogP contribution in [0, 0.1) is 5.92 Å². The lowest BCUT2D eigenvalue weighted by atomic mass is 9.91. The second-order valence-corrected chi connectivity index (χ2v) is 8.69. The summed E-state index contributed by atoms with van der Waals surface area (Å²) >= 11 is 0. The number of hydrogen-bond acceptors (Lipinski definition) is 4. The molecule has 7 heteroatoms. The van der Waals surface area contributed by atoms with Gasteiger partial charge < -0.3 is 4.74 Å². The lowest BCUT2D eigenvalue weighted by molar-refractivity contribution is -0.00449. The summed E-state index contributed by atoms with van der Waals surface area (Å²) in [6.07, 6.45) is 10.7. The Morgan fingerprint density at radius 3 is 2.74 bits per heavy atom. The molecule has 2 fully saturated rings. The van der Waals surface area contributed by atoms with Crippen LogP contribution in [-0.2, 0) is 21.8 Å². The minimum Gasteiger partial charge on any atom is -0.372 e. The molecule has 1 aromatic heterocycles. The zero-order chi connectivity index (χ0) is 16.3. The minimum atomic E-state index is -3.27. The highest BCUT2D eigenvalue weighted by Gasteiger charge is 2.32. The first-order chi connectivity index (χ1) is 11.0. The molecule has 1 saturated carbocycles. The average Bonchev–Trinajstić information content (AvgIpc) is 2.94. The van der Waals surface area contributed by atoms with Crippen molar-refractivity contribution in [1.82, 2.24) is 14.5 Å². The van der Waals surface area contributed by atoms with E-state index in [2.05, 4.69) is 9.82 Å². The predicted octanol–water partition coefficient (Wildman–Crippen LogP) is 2.14. The summed E-state index contributed by atoms with van der Waals surface area (Å²) < 4.78 is 35.6. The number of nitrogens with one attached hydrogen (secondary N) is 1. The molecule has 1 N–H and O–H groups in total. The van der Waals surface area contributed by atoms with Crippen molar-refractivity contribution in [2.75, 3.05) is 12.4 Å². The third-order valence-electron chi connectivity index (χ3n) is 4.89. The van der Waals surface area contributed by atoms with Gasteiger partial charge in [-0.3, -0.25) is 4.68 Å². The molecule has 1 aliphatic carbocycles. The molecule has 2 heterocycles. The van der Waals surface area contributed by atoms with E-state index in [1.165, 1.54) is 6.42 Å². The lowest BCUT2D eigenvalue weighted by Crippen LogP contribution is -2.44. The van der Waals surface area contributed by atoms with Gasteiger partial charge in [0.25, 0.3) is 0 Å². The maximum Gasteiger partial charge on any atom is 0.212 e. The summed E-state index contributed by atoms with van der Waals surface area (Å²) in [6.45, 7) is 0.667. The average molecular weight is 341 g/mol. The van der Waals surface area contributed by atoms with Crippen molar-refractivity contribution < 1.29 is 13.2 Å². The number of aromatic nitrogens is 2. The second kappa shape index (κ2) is 7.32. The van der Waals surface area contributed by atoms with Crippen LogP contribution in [0.2, 0.25) is 0 Å². The second-order valence-electron chi connectivity index (χ2n) is 6.89. The summed E-state index contributed by atoms with van der Waals surface area (Å²) in [5, 5.41) is 4.18. The fraction of sp³-hybridized carbons (Fsp3) is 0.812. The number of rotatable bonds is 5. The molecule has 0 amide bonds. The topological polar surface area (TPSA) is 73.2 Å². The van der Waals surface area contributed by atoms with Crippen LogP contribution in [0.3, 0.4) is 0 Å². The maximum absolute atomic E-state index is 12.6. The third kappa shape index (κ3) is 4.55. The number of aryl methyl sites for hydroxylation is 1. The van der Waals surface area contributed by atoms with E-state index in [1.54, 1.807) is 10.9 Å². The van der Waals surface area contributed by atoms with Crippen LogP contribution in [-0.4, -0.2) is 36.6 Å². The van der Waals surface area contributed by atoms with Gasteiger partial charge in [0.15, 0.2) is 0 Å². The molecule has 1 aromatic rings. The first-order valence-corrected chi connectivity index (χ1v) is 10.3. The van der Waals surface area contributed by atoms with Gasteiger partial charge in [0.1, 0.15) is 6.10 Å². The van der Waals surface area contributed by atoms with E-state index in [-0.39, 0.29) is 17.9 Å². The van der Waals surface area contributed by atoms with E-state index in [9.17, 15) is 8.42 Å². The quantitative estimate of drug-likeness (QED) is 0.890. The molecule has 0 unspecified atom stereocenters. The molecule has 0 radical (unpaired) electrons. The molecule has 0 bridgehead atoms. The summed E-state index contributed by atoms with van der Waals surface area (Å²) in [7, 11) is -1.42. The summed E-state index contributed by atoms with van der Waals surface area (Å²) in [5.41, 5.74) is 0.942. The van der Waals surface area contributed by atoms with Crippen LogP contribution < -0.4 is 4.72 Å². The number of hydrogen-bond donors (Lipinski definition) is 1. The van der Waals surface area contributed by atoms with Gasteiger partial charge in [0.2, 0.25) is 10.0 Å². The van der Waals surface area contributed by atoms with Gasteiger partial charge in [-0.1, -0.05) is 19.3 Å². The van der Waals surface area contributed by atoms with Gasteiger partial charge in [-0.25, -0.2) is 13.1 Å². The van der Waals surface area contributed by atoms with Gasteiger partial charge in [0.05, 0.1) is 18.0 Å². The molecule has 23 heavy (non-hydrogen) atoms. The first kappa shape index (κ1) is 16.9. The molecule has 1 aliphatic heterocycles. The van der Waals surface area contributed by atoms with E-state index < -0.39 is 10.0 Å². The van der Waals surface area contributed by atoms with Crippen LogP contribution in [0.5, 0.6) is 0 Å². The largest absolute Gasteiger partial charge is 0.372 e. The monoisotopic (exact) mass is 341 g/mol. The van der Waals surface area contributed by atoms with Crippen LogP contribution in [0.1, 0.15) is 56.6 Å². The predicted molar refractivity (Wildman–Crippen MR) is 88.4 cm³/mol. The smallest absolute Gasteiger partial charge is 0.212 e. The zero-order valence-electron chi connectivity index (χ0n) is 13.8. The van der Waals surface area contributed by atoms with E-state index in [4.69, 9.17) is 4.74 Å². The van der Waals surface area contributed by atoms with Crippen molar-refractivity contribution >= 4 is 10.0 Å². The van der Waals surface area contributed by atoms with Crippen molar-refractivity contribution in [3.8, 4) is 0 Å². The van der Waals surface area contributed by atoms with Gasteiger partial charge in [0, 0.05) is 25.4 Å². The molecule has 1 saturated heterocycles. The Morgan fingerprint density at radius 2 is 2.04 bits per heavy atom. The van der Waals surface area contributed by atoms with Crippen LogP contribution in [0.4, 0.5) is 0 Å². The van der Waals surface area contributed by atoms with Gasteiger partial charge in [-0.2, -0.15) is 5.10 Å². The third-order valence-corrected chi connectivity index (χ3v) is 6.46. The van der Waals surface area contributed by atoms with Gasteiger partial charge in [-0.05, 0) is 31.6 Å². The van der Waals surface area contributed by atoms with Crippen LogP contribution in [0.25, 0.3) is 0 Å². The molecule has 0 aromatic carbocycles. The Hall–Kier alpha value is -0.920. The Bertz CT molecular complexity index is 608. The zero-order valence-corrected chi connectivity index (χ0v) is 14.6. The highest BCUT2D eigenvalue weighted by atomic mass is 32.2. The van der Waals surface area contributed by atoms with Crippen molar-refractivity contribution in [2.45, 2.75) is 57.1 Å². The molecular weight excluding hydrogens is 314 g/mol. The number of ether oxygens (including phenoxy) is 1. The number of nitrogens with zero attached hydrogens (tertiary/aromatic N) is 2. The first-order valence-electron chi connectivity index (χ1n) is 8.64. The molecule has 130 valence electrons. The SMILES string of the molecule is Cn1cc([C@H]2OCCC[C@@H]2NS(=O)(=O)CC2CCCCC2)cn1. The summed E-state index contributed by atoms with van der Waals surface area (Å²) in [6, 6.07) is -0.193. The fourth-order valence-corrected chi connectivity index (χ4v) is 5.51. The van der Waals surface area contributed by atoms with Crippen molar-refractivity contribution in [3.63, 3.8) is 0 Å². The van der Waals surface area contributed by atoms with E-state index in [0.717, 1.165) is 44.1 Å². The molecule has 2 atom stereocenters. The van der Waals surface area contributed by atoms with Gasteiger partial charge >= 0.3 is 0 Å². The molecular formula is C16H27N3O3S. The molecule has 3 rings (SSSR count). The van der Waals surface area contributed by atoms with Crippen LogP contribution >= 0.6 is 0 Å². The van der Waals surface area contributed by atoms with Crippen LogP contribution in [0.15, 0.2) is 12.4 Å². The summed E-state index contributed by atoms with van der Waals surface area (Å²) in [4.78, 5) is 0. The molecule has 0 spiro atoms. The summed E-state index contributed by atoms with van der Waals surface area (Å²) in [5.74, 6) is 0.561. The normalized spacial score (nSPS) is 27.2. The van der Waals surface area contributed by atoms with Crippen molar-refractivity contribution in [3.05, 3.63) is 18.0 Å². The lowest BCUT2D eigenvalue weighted by Gasteiger charge is -2.32. The van der Waals surface area contributed by atoms with E-state index >= 15 is 0 Å². The van der Waals surface area contributed by atoms with Gasteiger partial charge in [-0.15, -0.1) is 0 Å². The minimum absolute atomic E-state index is 0.193. The highest BCUT2D eigenvalue weighted by Crippen LogP contribution is 2.30. The highest BCUT2D eigenvalue weighted by molar-refractivity contribution is 7.89. The van der Waals surface area contributed by atoms with E-state index in [0.29, 0.717) is 12.5 Å². The molecule has 2 aliphatic rings. The fourth-order valence-electron chi connectivity index (χ4n) is 3.76. The Morgan fingerprint density at radius 1 is 1.26 bits per heavy atom. The standard InChI is InChI=1S/C16H27N3O3S/c1-19-11-14(10-17-19)16-15(8-5-9-22-16)18-23(20,21)12-13-6-3-2-4-7-13/h10-11,13,15-16,18H,2-9,12H2,1H3/t15-,16+/m0/s1. The number of sulfonamides is 1. The Labute approximate surface area is 138 Å².